The molecular formula is C16H26IN7S2. The van der Waals surface area contributed by atoms with Gasteiger partial charge in [-0.1, -0.05) is 13.8 Å². The van der Waals surface area contributed by atoms with E-state index in [1.54, 1.807) is 11.3 Å². The highest BCUT2D eigenvalue weighted by atomic mass is 127. The maximum atomic E-state index is 4.60. The second-order valence-electron chi connectivity index (χ2n) is 5.81. The topological polar surface area (TPSA) is 69.5 Å². The molecule has 2 aromatic heterocycles. The van der Waals surface area contributed by atoms with E-state index in [4.69, 9.17) is 0 Å². The van der Waals surface area contributed by atoms with E-state index in [1.165, 1.54) is 16.5 Å². The smallest absolute Gasteiger partial charge is 0.205 e. The summed E-state index contributed by atoms with van der Waals surface area (Å²) < 4.78 is 4.39. The summed E-state index contributed by atoms with van der Waals surface area (Å²) in [6.45, 7) is 8.68. The van der Waals surface area contributed by atoms with Crippen LogP contribution in [0.3, 0.4) is 0 Å². The number of nitrogens with one attached hydrogen (secondary N) is 1. The van der Waals surface area contributed by atoms with Gasteiger partial charge in [0.2, 0.25) is 5.13 Å². The molecule has 0 bridgehead atoms. The first-order valence-corrected chi connectivity index (χ1v) is 10.3. The van der Waals surface area contributed by atoms with Crippen molar-refractivity contribution < 1.29 is 0 Å². The Labute approximate surface area is 180 Å². The highest BCUT2D eigenvalue weighted by Gasteiger charge is 2.22. The number of aromatic nitrogens is 3. The molecule has 0 unspecified atom stereocenters. The van der Waals surface area contributed by atoms with Crippen molar-refractivity contribution in [1.29, 1.82) is 0 Å². The van der Waals surface area contributed by atoms with Crippen LogP contribution in [0.1, 0.15) is 30.4 Å². The zero-order valence-corrected chi connectivity index (χ0v) is 19.4. The van der Waals surface area contributed by atoms with Gasteiger partial charge < -0.3 is 15.1 Å². The highest BCUT2D eigenvalue weighted by molar-refractivity contribution is 14.0. The highest BCUT2D eigenvalue weighted by Crippen LogP contribution is 2.19. The fourth-order valence-corrected chi connectivity index (χ4v) is 4.27. The Hall–Kier alpha value is -1.01. The van der Waals surface area contributed by atoms with Crippen molar-refractivity contribution in [3.8, 4) is 0 Å². The molecule has 1 saturated heterocycles. The summed E-state index contributed by atoms with van der Waals surface area (Å²) in [5.74, 6) is 1.88. The summed E-state index contributed by atoms with van der Waals surface area (Å²) >= 11 is 3.22. The van der Waals surface area contributed by atoms with Crippen LogP contribution in [0.25, 0.3) is 0 Å². The van der Waals surface area contributed by atoms with E-state index in [1.807, 2.05) is 7.05 Å². The van der Waals surface area contributed by atoms with Gasteiger partial charge in [-0.15, -0.1) is 35.3 Å². The van der Waals surface area contributed by atoms with Gasteiger partial charge >= 0.3 is 0 Å². The lowest BCUT2D eigenvalue weighted by Gasteiger charge is -2.36. The zero-order valence-electron chi connectivity index (χ0n) is 15.4. The summed E-state index contributed by atoms with van der Waals surface area (Å²) in [5.41, 5.74) is 1.09. The summed E-state index contributed by atoms with van der Waals surface area (Å²) in [6.07, 6.45) is 1.89. The van der Waals surface area contributed by atoms with Crippen molar-refractivity contribution in [1.82, 2.24) is 24.6 Å². The average molecular weight is 507 g/mol. The zero-order chi connectivity index (χ0) is 17.6. The van der Waals surface area contributed by atoms with Crippen LogP contribution in [0.15, 0.2) is 10.4 Å². The van der Waals surface area contributed by atoms with Gasteiger partial charge in [0, 0.05) is 56.6 Å². The minimum absolute atomic E-state index is 0. The normalized spacial score (nSPS) is 15.1. The predicted molar refractivity (Wildman–Crippen MR) is 120 cm³/mol. The third-order valence-corrected chi connectivity index (χ3v) is 6.02. The maximum Gasteiger partial charge on any atom is 0.205 e. The van der Waals surface area contributed by atoms with Gasteiger partial charge in [0.15, 0.2) is 5.96 Å². The van der Waals surface area contributed by atoms with Crippen molar-refractivity contribution in [2.45, 2.75) is 33.2 Å². The van der Waals surface area contributed by atoms with Crippen LogP contribution in [-0.4, -0.2) is 58.4 Å². The Morgan fingerprint density at radius 3 is 2.54 bits per heavy atom. The second kappa shape index (κ2) is 10.4. The predicted octanol–water partition coefficient (Wildman–Crippen LogP) is 2.64. The standard InChI is InChI=1S/C16H25N7S2.HI/c1-4-13-20-16(25-21-13)23-8-6-22(7-9-23)15(17-3)18-10-12-11-24-14(5-2)19-12;/h11H,4-10H2,1-3H3,(H,17,18);1H. The lowest BCUT2D eigenvalue weighted by Crippen LogP contribution is -2.52. The number of nitrogens with zero attached hydrogens (tertiary/aromatic N) is 6. The Balaban J connectivity index is 0.00000243. The number of thiazole rings is 1. The van der Waals surface area contributed by atoms with Crippen LogP contribution in [0.2, 0.25) is 0 Å². The first kappa shape index (κ1) is 21.3. The van der Waals surface area contributed by atoms with Crippen LogP contribution in [0.5, 0.6) is 0 Å². The van der Waals surface area contributed by atoms with Crippen LogP contribution >= 0.6 is 46.8 Å². The molecule has 0 amide bonds. The van der Waals surface area contributed by atoms with Crippen molar-refractivity contribution in [3.05, 3.63) is 21.9 Å². The number of anilines is 1. The molecule has 3 heterocycles. The number of hydrogen-bond donors (Lipinski definition) is 1. The molecule has 0 aliphatic carbocycles. The van der Waals surface area contributed by atoms with Gasteiger partial charge in [-0.25, -0.2) is 9.97 Å². The third kappa shape index (κ3) is 5.26. The fourth-order valence-electron chi connectivity index (χ4n) is 2.72. The number of piperazine rings is 1. The van der Waals surface area contributed by atoms with Gasteiger partial charge in [0.1, 0.15) is 5.82 Å². The van der Waals surface area contributed by atoms with E-state index in [0.29, 0.717) is 0 Å². The van der Waals surface area contributed by atoms with Crippen LogP contribution < -0.4 is 10.2 Å². The van der Waals surface area contributed by atoms with E-state index < -0.39 is 0 Å². The lowest BCUT2D eigenvalue weighted by atomic mass is 10.3. The van der Waals surface area contributed by atoms with Crippen molar-refractivity contribution in [2.24, 2.45) is 4.99 Å². The SMILES string of the molecule is CCc1nsc(N2CCN(C(=NC)NCc3csc(CC)n3)CC2)n1.I. The molecule has 2 aromatic rings. The minimum atomic E-state index is 0. The van der Waals surface area contributed by atoms with Crippen molar-refractivity contribution in [2.75, 3.05) is 38.1 Å². The Kier molecular flexibility index (Phi) is 8.48. The Bertz CT molecular complexity index is 707. The van der Waals surface area contributed by atoms with E-state index in [0.717, 1.165) is 68.2 Å². The van der Waals surface area contributed by atoms with E-state index in [9.17, 15) is 0 Å². The molecule has 1 aliphatic rings. The van der Waals surface area contributed by atoms with Gasteiger partial charge in [0.25, 0.3) is 0 Å². The maximum absolute atomic E-state index is 4.60. The van der Waals surface area contributed by atoms with Crippen LogP contribution in [-0.2, 0) is 19.4 Å². The van der Waals surface area contributed by atoms with Gasteiger partial charge in [0.05, 0.1) is 17.2 Å². The fraction of sp³-hybridized carbons (Fsp3) is 0.625. The Morgan fingerprint density at radius 2 is 1.96 bits per heavy atom. The molecule has 26 heavy (non-hydrogen) atoms. The summed E-state index contributed by atoms with van der Waals surface area (Å²) in [7, 11) is 1.84. The number of hydrogen-bond acceptors (Lipinski definition) is 7. The van der Waals surface area contributed by atoms with E-state index in [-0.39, 0.29) is 24.0 Å². The molecule has 7 nitrogen and oxygen atoms in total. The number of rotatable bonds is 5. The number of halogens is 1. The monoisotopic (exact) mass is 507 g/mol. The quantitative estimate of drug-likeness (QED) is 0.381. The summed E-state index contributed by atoms with van der Waals surface area (Å²) in [5, 5.41) is 7.78. The summed E-state index contributed by atoms with van der Waals surface area (Å²) in [6, 6.07) is 0. The van der Waals surface area contributed by atoms with Gasteiger partial charge in [-0.3, -0.25) is 4.99 Å². The third-order valence-electron chi connectivity index (χ3n) is 4.16. The Morgan fingerprint density at radius 1 is 1.19 bits per heavy atom. The van der Waals surface area contributed by atoms with Crippen molar-refractivity contribution >= 4 is 57.9 Å². The van der Waals surface area contributed by atoms with Crippen molar-refractivity contribution in [3.63, 3.8) is 0 Å². The lowest BCUT2D eigenvalue weighted by molar-refractivity contribution is 0.372. The number of guanidine groups is 1. The van der Waals surface area contributed by atoms with Crippen LogP contribution in [0.4, 0.5) is 5.13 Å². The van der Waals surface area contributed by atoms with E-state index in [2.05, 4.69) is 53.7 Å². The molecule has 0 saturated carbocycles. The second-order valence-corrected chi connectivity index (χ2v) is 7.48. The molecule has 1 aliphatic heterocycles. The molecule has 144 valence electrons. The van der Waals surface area contributed by atoms with Gasteiger partial charge in [-0.05, 0) is 6.42 Å². The molecular weight excluding hydrogens is 481 g/mol. The molecule has 0 radical (unpaired) electrons. The molecule has 0 spiro atoms. The van der Waals surface area contributed by atoms with E-state index >= 15 is 0 Å². The molecule has 10 heteroatoms. The molecule has 1 fully saturated rings. The minimum Gasteiger partial charge on any atom is -0.351 e. The first-order valence-electron chi connectivity index (χ1n) is 8.69. The number of aliphatic imine (C=N–C) groups is 1. The number of aryl methyl sites for hydroxylation is 2. The molecule has 1 N–H and O–H groups in total. The largest absolute Gasteiger partial charge is 0.351 e. The van der Waals surface area contributed by atoms with Crippen LogP contribution in [0, 0.1) is 0 Å². The molecule has 3 rings (SSSR count). The molecule has 0 aromatic carbocycles. The first-order chi connectivity index (χ1) is 12.2. The average Bonchev–Trinajstić information content (AvgIpc) is 3.32. The molecule has 0 atom stereocenters. The summed E-state index contributed by atoms with van der Waals surface area (Å²) in [4.78, 5) is 18.2. The van der Waals surface area contributed by atoms with Gasteiger partial charge in [-0.2, -0.15) is 4.37 Å².